The molecule has 1 aromatic heterocycles. The fraction of sp³-hybridized carbons (Fsp3) is 0.182. The van der Waals surface area contributed by atoms with Crippen molar-refractivity contribution in [2.24, 2.45) is 0 Å². The van der Waals surface area contributed by atoms with E-state index in [2.05, 4.69) is 24.4 Å². The van der Waals surface area contributed by atoms with Crippen LogP contribution < -0.4 is 5.73 Å². The molecule has 0 spiro atoms. The maximum atomic E-state index is 8.61. The minimum Gasteiger partial charge on any atom is -0.398 e. The van der Waals surface area contributed by atoms with Crippen molar-refractivity contribution < 1.29 is 0 Å². The highest BCUT2D eigenvalue weighted by Crippen LogP contribution is 2.31. The normalized spacial score (nSPS) is 10.3. The molecule has 0 aliphatic carbocycles. The van der Waals surface area contributed by atoms with Crippen LogP contribution in [0.1, 0.15) is 11.1 Å². The second-order valence-electron chi connectivity index (χ2n) is 3.32. The average Bonchev–Trinajstić information content (AvgIpc) is 2.49. The maximum Gasteiger partial charge on any atom is 0.0669 e. The lowest BCUT2D eigenvalue weighted by Crippen LogP contribution is -1.89. The molecule has 1 heterocycles. The molecule has 0 saturated heterocycles. The summed E-state index contributed by atoms with van der Waals surface area (Å²) in [5.41, 5.74) is 8.92. The van der Waals surface area contributed by atoms with Crippen molar-refractivity contribution in [1.82, 2.24) is 0 Å². The Balaban J connectivity index is 2.70. The van der Waals surface area contributed by atoms with Gasteiger partial charge in [-0.3, -0.25) is 0 Å². The summed E-state index contributed by atoms with van der Waals surface area (Å²) in [6, 6.07) is 6.08. The first kappa shape index (κ1) is 9.04. The highest BCUT2D eigenvalue weighted by Gasteiger charge is 2.05. The quantitative estimate of drug-likeness (QED) is 0.723. The minimum absolute atomic E-state index is 0.426. The number of rotatable bonds is 1. The standard InChI is InChI=1S/C11H10N2S/c1-7-6-14-11-9(7)4-8(2-3-12)5-10(11)13/h4-6H,2,13H2,1H3. The molecule has 0 unspecified atom stereocenters. The predicted molar refractivity (Wildman–Crippen MR) is 60.3 cm³/mol. The van der Waals surface area contributed by atoms with Gasteiger partial charge in [-0.25, -0.2) is 0 Å². The molecule has 14 heavy (non-hydrogen) atoms. The van der Waals surface area contributed by atoms with Gasteiger partial charge in [-0.2, -0.15) is 5.26 Å². The Morgan fingerprint density at radius 1 is 1.50 bits per heavy atom. The van der Waals surface area contributed by atoms with Crippen molar-refractivity contribution in [2.45, 2.75) is 13.3 Å². The number of nitrogens with two attached hydrogens (primary N) is 1. The Kier molecular flexibility index (Phi) is 2.14. The van der Waals surface area contributed by atoms with Crippen LogP contribution in [-0.2, 0) is 6.42 Å². The molecule has 2 N–H and O–H groups in total. The molecule has 2 rings (SSSR count). The largest absolute Gasteiger partial charge is 0.398 e. The maximum absolute atomic E-state index is 8.61. The lowest BCUT2D eigenvalue weighted by Gasteiger charge is -2.00. The summed E-state index contributed by atoms with van der Waals surface area (Å²) in [7, 11) is 0. The zero-order chi connectivity index (χ0) is 10.1. The van der Waals surface area contributed by atoms with Crippen molar-refractivity contribution in [3.8, 4) is 6.07 Å². The van der Waals surface area contributed by atoms with Crippen molar-refractivity contribution in [3.63, 3.8) is 0 Å². The number of hydrogen-bond donors (Lipinski definition) is 1. The summed E-state index contributed by atoms with van der Waals surface area (Å²) in [5, 5.41) is 11.9. The van der Waals surface area contributed by atoms with Crippen LogP contribution in [0.25, 0.3) is 10.1 Å². The van der Waals surface area contributed by atoms with Gasteiger partial charge in [-0.05, 0) is 40.9 Å². The SMILES string of the molecule is Cc1csc2c(N)cc(CC#N)cc12. The van der Waals surface area contributed by atoms with Crippen LogP contribution in [0, 0.1) is 18.3 Å². The van der Waals surface area contributed by atoms with E-state index < -0.39 is 0 Å². The Morgan fingerprint density at radius 3 is 3.00 bits per heavy atom. The highest BCUT2D eigenvalue weighted by molar-refractivity contribution is 7.18. The van der Waals surface area contributed by atoms with Crippen LogP contribution in [0.5, 0.6) is 0 Å². The van der Waals surface area contributed by atoms with E-state index in [1.54, 1.807) is 11.3 Å². The fourth-order valence-corrected chi connectivity index (χ4v) is 2.51. The number of aryl methyl sites for hydroxylation is 1. The molecular formula is C11H10N2S. The molecule has 0 bridgehead atoms. The Morgan fingerprint density at radius 2 is 2.29 bits per heavy atom. The van der Waals surface area contributed by atoms with Gasteiger partial charge in [0.05, 0.1) is 17.2 Å². The third-order valence-electron chi connectivity index (χ3n) is 2.24. The van der Waals surface area contributed by atoms with Crippen LogP contribution in [0.3, 0.4) is 0 Å². The van der Waals surface area contributed by atoms with E-state index in [1.165, 1.54) is 10.9 Å². The zero-order valence-corrected chi connectivity index (χ0v) is 8.69. The summed E-state index contributed by atoms with van der Waals surface area (Å²) in [4.78, 5) is 0. The van der Waals surface area contributed by atoms with Crippen LogP contribution in [0.4, 0.5) is 5.69 Å². The molecule has 2 aromatic rings. The number of thiophene rings is 1. The van der Waals surface area contributed by atoms with E-state index in [-0.39, 0.29) is 0 Å². The minimum atomic E-state index is 0.426. The molecule has 0 atom stereocenters. The first-order chi connectivity index (χ1) is 6.72. The van der Waals surface area contributed by atoms with Crippen molar-refractivity contribution >= 4 is 27.1 Å². The van der Waals surface area contributed by atoms with E-state index in [1.807, 2.05) is 6.07 Å². The van der Waals surface area contributed by atoms with Crippen LogP contribution in [0.2, 0.25) is 0 Å². The van der Waals surface area contributed by atoms with E-state index in [4.69, 9.17) is 11.0 Å². The first-order valence-electron chi connectivity index (χ1n) is 4.35. The lowest BCUT2D eigenvalue weighted by molar-refractivity contribution is 1.27. The Labute approximate surface area is 86.6 Å². The molecule has 70 valence electrons. The highest BCUT2D eigenvalue weighted by atomic mass is 32.1. The van der Waals surface area contributed by atoms with E-state index >= 15 is 0 Å². The number of nitriles is 1. The number of anilines is 1. The molecule has 0 fully saturated rings. The van der Waals surface area contributed by atoms with Gasteiger partial charge >= 0.3 is 0 Å². The zero-order valence-electron chi connectivity index (χ0n) is 7.87. The number of fused-ring (bicyclic) bond motifs is 1. The second-order valence-corrected chi connectivity index (χ2v) is 4.19. The topological polar surface area (TPSA) is 49.8 Å². The monoisotopic (exact) mass is 202 g/mol. The smallest absolute Gasteiger partial charge is 0.0669 e. The summed E-state index contributed by atoms with van der Waals surface area (Å²) < 4.78 is 1.13. The number of benzene rings is 1. The molecule has 0 aliphatic rings. The average molecular weight is 202 g/mol. The van der Waals surface area contributed by atoms with Gasteiger partial charge in [0.25, 0.3) is 0 Å². The second kappa shape index (κ2) is 3.32. The molecule has 0 amide bonds. The van der Waals surface area contributed by atoms with Gasteiger partial charge in [0.15, 0.2) is 0 Å². The molecule has 3 heteroatoms. The van der Waals surface area contributed by atoms with Crippen molar-refractivity contribution in [2.75, 3.05) is 5.73 Å². The lowest BCUT2D eigenvalue weighted by atomic mass is 10.1. The van der Waals surface area contributed by atoms with Gasteiger partial charge in [0.1, 0.15) is 0 Å². The van der Waals surface area contributed by atoms with Gasteiger partial charge in [0.2, 0.25) is 0 Å². The molecule has 2 nitrogen and oxygen atoms in total. The van der Waals surface area contributed by atoms with Crippen molar-refractivity contribution in [1.29, 1.82) is 5.26 Å². The van der Waals surface area contributed by atoms with Gasteiger partial charge < -0.3 is 5.73 Å². The van der Waals surface area contributed by atoms with E-state index in [0.29, 0.717) is 6.42 Å². The summed E-state index contributed by atoms with van der Waals surface area (Å²) in [6.45, 7) is 2.06. The third-order valence-corrected chi connectivity index (χ3v) is 3.40. The molecule has 0 aliphatic heterocycles. The number of nitrogen functional groups attached to an aromatic ring is 1. The van der Waals surface area contributed by atoms with E-state index in [9.17, 15) is 0 Å². The molecule has 0 radical (unpaired) electrons. The van der Waals surface area contributed by atoms with Crippen molar-refractivity contribution in [3.05, 3.63) is 28.6 Å². The number of hydrogen-bond acceptors (Lipinski definition) is 3. The summed E-state index contributed by atoms with van der Waals surface area (Å²) >= 11 is 1.66. The van der Waals surface area contributed by atoms with Crippen LogP contribution in [0.15, 0.2) is 17.5 Å². The first-order valence-corrected chi connectivity index (χ1v) is 5.23. The molecule has 1 aromatic carbocycles. The predicted octanol–water partition coefficient (Wildman–Crippen LogP) is 2.86. The van der Waals surface area contributed by atoms with Gasteiger partial charge in [-0.15, -0.1) is 11.3 Å². The number of nitrogens with zero attached hydrogens (tertiary/aromatic N) is 1. The van der Waals surface area contributed by atoms with Crippen LogP contribution in [-0.4, -0.2) is 0 Å². The summed E-state index contributed by atoms with van der Waals surface area (Å²) in [6.07, 6.45) is 0.426. The molecular weight excluding hydrogens is 192 g/mol. The molecule has 0 saturated carbocycles. The third kappa shape index (κ3) is 1.34. The fourth-order valence-electron chi connectivity index (χ4n) is 1.54. The van der Waals surface area contributed by atoms with Gasteiger partial charge in [-0.1, -0.05) is 0 Å². The van der Waals surface area contributed by atoms with E-state index in [0.717, 1.165) is 16.0 Å². The van der Waals surface area contributed by atoms with Gasteiger partial charge in [0, 0.05) is 5.69 Å². The van der Waals surface area contributed by atoms with Crippen LogP contribution >= 0.6 is 11.3 Å². The Bertz CT molecular complexity index is 520. The Hall–Kier alpha value is -1.53. The summed E-state index contributed by atoms with van der Waals surface area (Å²) in [5.74, 6) is 0.